The first-order chi connectivity index (χ1) is 16.0. The van der Waals surface area contributed by atoms with E-state index in [1.165, 1.54) is 17.8 Å². The summed E-state index contributed by atoms with van der Waals surface area (Å²) < 4.78 is 0. The van der Waals surface area contributed by atoms with Crippen LogP contribution in [-0.4, -0.2) is 43.2 Å². The van der Waals surface area contributed by atoms with Gasteiger partial charge in [0.25, 0.3) is 11.6 Å². The summed E-state index contributed by atoms with van der Waals surface area (Å²) in [5.74, 6) is -0.570. The summed E-state index contributed by atoms with van der Waals surface area (Å²) in [4.78, 5) is 24.8. The van der Waals surface area contributed by atoms with Gasteiger partial charge in [0, 0.05) is 68.1 Å². The van der Waals surface area contributed by atoms with E-state index in [9.17, 15) is 14.9 Å². The molecule has 1 unspecified atom stereocenters. The van der Waals surface area contributed by atoms with E-state index in [1.807, 2.05) is 18.2 Å². The molecule has 6 N–H and O–H groups in total. The van der Waals surface area contributed by atoms with E-state index in [1.54, 1.807) is 18.3 Å². The van der Waals surface area contributed by atoms with Gasteiger partial charge in [0.1, 0.15) is 6.17 Å². The van der Waals surface area contributed by atoms with Gasteiger partial charge in [-0.2, -0.15) is 0 Å². The number of nitrogens with zero attached hydrogens (tertiary/aromatic N) is 2. The lowest BCUT2D eigenvalue weighted by Crippen LogP contribution is -2.43. The summed E-state index contributed by atoms with van der Waals surface area (Å²) in [6.07, 6.45) is 3.14. The lowest BCUT2D eigenvalue weighted by atomic mass is 10.1. The summed E-state index contributed by atoms with van der Waals surface area (Å²) in [6, 6.07) is 14.6. The summed E-state index contributed by atoms with van der Waals surface area (Å²) in [5, 5.41) is 24.0. The van der Waals surface area contributed by atoms with Crippen LogP contribution in [0.3, 0.4) is 0 Å². The molecule has 2 aliphatic rings. The minimum Gasteiger partial charge on any atom is -0.380 e. The average molecular weight is 450 g/mol. The molecule has 2 aromatic rings. The first kappa shape index (κ1) is 22.2. The van der Waals surface area contributed by atoms with Gasteiger partial charge in [-0.25, -0.2) is 0 Å². The first-order valence-corrected chi connectivity index (χ1v) is 10.8. The van der Waals surface area contributed by atoms with Gasteiger partial charge in [-0.05, 0) is 35.9 Å². The molecule has 0 aromatic heterocycles. The Hall–Kier alpha value is -4.05. The van der Waals surface area contributed by atoms with Crippen LogP contribution in [0.2, 0.25) is 0 Å². The molecule has 10 nitrogen and oxygen atoms in total. The highest BCUT2D eigenvalue weighted by Gasteiger charge is 2.19. The Morgan fingerprint density at radius 2 is 1.94 bits per heavy atom. The molecule has 1 atom stereocenters. The van der Waals surface area contributed by atoms with Gasteiger partial charge in [-0.3, -0.25) is 14.9 Å². The van der Waals surface area contributed by atoms with Crippen LogP contribution in [0.4, 0.5) is 17.1 Å². The SMILES string of the molecule is NC(=O)C1=CNC(Nc2ccc(N3CCNCC3)cc2)C=C1NCc1cccc([N+](=O)[O-])c1. The molecule has 2 heterocycles. The van der Waals surface area contributed by atoms with Crippen molar-refractivity contribution in [2.75, 3.05) is 36.4 Å². The number of carbonyl (C=O) groups excluding carboxylic acids is 1. The normalized spacial score (nSPS) is 17.9. The third-order valence-electron chi connectivity index (χ3n) is 5.57. The number of rotatable bonds is 8. The minimum absolute atomic E-state index is 0.0167. The molecule has 0 radical (unpaired) electrons. The predicted molar refractivity (Wildman–Crippen MR) is 127 cm³/mol. The number of nitro benzene ring substituents is 1. The Labute approximate surface area is 191 Å². The van der Waals surface area contributed by atoms with E-state index >= 15 is 0 Å². The van der Waals surface area contributed by atoms with Crippen LogP contribution in [0.5, 0.6) is 0 Å². The number of hydrogen-bond acceptors (Lipinski definition) is 8. The fourth-order valence-corrected chi connectivity index (χ4v) is 3.85. The number of nitrogens with two attached hydrogens (primary N) is 1. The zero-order valence-corrected chi connectivity index (χ0v) is 18.1. The molecule has 0 saturated carbocycles. The Kier molecular flexibility index (Phi) is 6.75. The summed E-state index contributed by atoms with van der Waals surface area (Å²) in [7, 11) is 0. The highest BCUT2D eigenvalue weighted by atomic mass is 16.6. The van der Waals surface area contributed by atoms with E-state index in [-0.39, 0.29) is 11.9 Å². The number of benzene rings is 2. The van der Waals surface area contributed by atoms with E-state index in [4.69, 9.17) is 5.73 Å². The van der Waals surface area contributed by atoms with E-state index < -0.39 is 10.8 Å². The molecule has 0 aliphatic carbocycles. The number of nitro groups is 1. The third-order valence-corrected chi connectivity index (χ3v) is 5.57. The molecule has 2 aromatic carbocycles. The number of dihydropyridines is 1. The molecule has 0 bridgehead atoms. The Balaban J connectivity index is 1.43. The van der Waals surface area contributed by atoms with Gasteiger partial charge in [-0.1, -0.05) is 12.1 Å². The lowest BCUT2D eigenvalue weighted by Gasteiger charge is -2.30. The van der Waals surface area contributed by atoms with Gasteiger partial charge in [0.15, 0.2) is 0 Å². The second kappa shape index (κ2) is 10.0. The van der Waals surface area contributed by atoms with E-state index in [0.29, 0.717) is 17.8 Å². The lowest BCUT2D eigenvalue weighted by molar-refractivity contribution is -0.384. The molecule has 10 heteroatoms. The molecule has 1 fully saturated rings. The highest BCUT2D eigenvalue weighted by molar-refractivity contribution is 5.96. The fourth-order valence-electron chi connectivity index (χ4n) is 3.85. The maximum Gasteiger partial charge on any atom is 0.269 e. The third kappa shape index (κ3) is 5.60. The number of anilines is 2. The van der Waals surface area contributed by atoms with Gasteiger partial charge < -0.3 is 31.9 Å². The number of carbonyl (C=O) groups is 1. The number of primary amides is 1. The van der Waals surface area contributed by atoms with Gasteiger partial charge in [0.2, 0.25) is 0 Å². The zero-order valence-electron chi connectivity index (χ0n) is 18.1. The zero-order chi connectivity index (χ0) is 23.2. The molecular formula is C23H27N7O3. The smallest absolute Gasteiger partial charge is 0.269 e. The Morgan fingerprint density at radius 1 is 1.18 bits per heavy atom. The standard InChI is InChI=1S/C23H27N7O3/c24-23(31)20-15-27-22(13-21(20)26-14-16-2-1-3-19(12-16)30(32)33)28-17-4-6-18(7-5-17)29-10-8-25-9-11-29/h1-7,12-13,15,22,25-28H,8-11,14H2,(H2,24,31). The van der Waals surface area contributed by atoms with Crippen LogP contribution < -0.4 is 31.9 Å². The first-order valence-electron chi connectivity index (χ1n) is 10.8. The molecule has 4 rings (SSSR count). The monoisotopic (exact) mass is 449 g/mol. The van der Waals surface area contributed by atoms with E-state index in [0.717, 1.165) is 37.4 Å². The van der Waals surface area contributed by atoms with Crippen molar-refractivity contribution in [1.82, 2.24) is 16.0 Å². The van der Waals surface area contributed by atoms with Crippen LogP contribution in [0.1, 0.15) is 5.56 Å². The quantitative estimate of drug-likeness (QED) is 0.301. The molecule has 2 aliphatic heterocycles. The Bertz CT molecular complexity index is 1080. The molecule has 0 spiro atoms. The van der Waals surface area contributed by atoms with Gasteiger partial charge >= 0.3 is 0 Å². The Morgan fingerprint density at radius 3 is 2.64 bits per heavy atom. The van der Waals surface area contributed by atoms with Crippen molar-refractivity contribution in [3.63, 3.8) is 0 Å². The molecule has 33 heavy (non-hydrogen) atoms. The number of nitrogens with one attached hydrogen (secondary N) is 4. The van der Waals surface area contributed by atoms with Crippen molar-refractivity contribution in [3.8, 4) is 0 Å². The number of hydrogen-bond donors (Lipinski definition) is 5. The van der Waals surface area contributed by atoms with Crippen LogP contribution >= 0.6 is 0 Å². The van der Waals surface area contributed by atoms with Crippen LogP contribution in [0.25, 0.3) is 0 Å². The van der Waals surface area contributed by atoms with E-state index in [2.05, 4.69) is 38.3 Å². The predicted octanol–water partition coefficient (Wildman–Crippen LogP) is 1.39. The van der Waals surface area contributed by atoms with Crippen molar-refractivity contribution in [2.24, 2.45) is 5.73 Å². The van der Waals surface area contributed by atoms with Gasteiger partial charge in [-0.15, -0.1) is 0 Å². The van der Waals surface area contributed by atoms with Crippen molar-refractivity contribution in [2.45, 2.75) is 12.7 Å². The largest absolute Gasteiger partial charge is 0.380 e. The number of amides is 1. The summed E-state index contributed by atoms with van der Waals surface area (Å²) in [5.41, 5.74) is 9.25. The second-order valence-electron chi connectivity index (χ2n) is 7.86. The maximum absolute atomic E-state index is 11.9. The van der Waals surface area contributed by atoms with Crippen molar-refractivity contribution < 1.29 is 9.72 Å². The van der Waals surface area contributed by atoms with Crippen molar-refractivity contribution in [1.29, 1.82) is 0 Å². The number of non-ortho nitro benzene ring substituents is 1. The number of piperazine rings is 1. The summed E-state index contributed by atoms with van der Waals surface area (Å²) in [6.45, 7) is 4.25. The van der Waals surface area contributed by atoms with Crippen LogP contribution in [0.15, 0.2) is 72.1 Å². The summed E-state index contributed by atoms with van der Waals surface area (Å²) >= 11 is 0. The minimum atomic E-state index is -0.570. The van der Waals surface area contributed by atoms with Crippen LogP contribution in [-0.2, 0) is 11.3 Å². The fraction of sp³-hybridized carbons (Fsp3) is 0.261. The molecule has 1 saturated heterocycles. The maximum atomic E-state index is 11.9. The van der Waals surface area contributed by atoms with Crippen LogP contribution in [0, 0.1) is 10.1 Å². The molecule has 172 valence electrons. The highest BCUT2D eigenvalue weighted by Crippen LogP contribution is 2.21. The van der Waals surface area contributed by atoms with Crippen molar-refractivity contribution >= 4 is 23.0 Å². The average Bonchev–Trinajstić information content (AvgIpc) is 2.84. The van der Waals surface area contributed by atoms with Gasteiger partial charge in [0.05, 0.1) is 10.5 Å². The van der Waals surface area contributed by atoms with Crippen molar-refractivity contribution in [3.05, 3.63) is 87.8 Å². The second-order valence-corrected chi connectivity index (χ2v) is 7.86. The molecular weight excluding hydrogens is 422 g/mol. The topological polar surface area (TPSA) is 138 Å². The molecule has 1 amide bonds.